The van der Waals surface area contributed by atoms with Crippen molar-refractivity contribution in [3.63, 3.8) is 0 Å². The zero-order valence-corrected chi connectivity index (χ0v) is 12.5. The summed E-state index contributed by atoms with van der Waals surface area (Å²) in [6.07, 6.45) is 6.19. The van der Waals surface area contributed by atoms with Crippen molar-refractivity contribution in [3.05, 3.63) is 12.2 Å². The standard InChI is InChI=1S/C15H29NO3/c1-12(2)9-19-16-8-15(17)11-18-10-14-7-5-4-6-13(14)3/h4-5,12-17H,6-11H2,1-3H3. The Morgan fingerprint density at radius 1 is 1.26 bits per heavy atom. The third kappa shape index (κ3) is 7.67. The molecular weight excluding hydrogens is 242 g/mol. The molecule has 0 aromatic carbocycles. The number of hydrogen-bond acceptors (Lipinski definition) is 4. The summed E-state index contributed by atoms with van der Waals surface area (Å²) in [7, 11) is 0. The third-order valence-electron chi connectivity index (χ3n) is 3.40. The van der Waals surface area contributed by atoms with E-state index in [0.29, 0.717) is 37.5 Å². The molecule has 0 amide bonds. The molecule has 4 heteroatoms. The number of nitrogens with one attached hydrogen (secondary N) is 1. The molecule has 1 aliphatic carbocycles. The van der Waals surface area contributed by atoms with E-state index in [0.717, 1.165) is 19.4 Å². The number of hydrogen-bond donors (Lipinski definition) is 2. The van der Waals surface area contributed by atoms with E-state index in [2.05, 4.69) is 38.4 Å². The van der Waals surface area contributed by atoms with Crippen LogP contribution in [-0.2, 0) is 9.57 Å². The van der Waals surface area contributed by atoms with Gasteiger partial charge in [0, 0.05) is 6.54 Å². The molecule has 19 heavy (non-hydrogen) atoms. The fourth-order valence-electron chi connectivity index (χ4n) is 2.03. The van der Waals surface area contributed by atoms with Gasteiger partial charge in [-0.15, -0.1) is 0 Å². The van der Waals surface area contributed by atoms with Crippen molar-refractivity contribution in [2.24, 2.45) is 17.8 Å². The van der Waals surface area contributed by atoms with Crippen LogP contribution in [0.4, 0.5) is 0 Å². The maximum absolute atomic E-state index is 9.73. The Morgan fingerprint density at radius 3 is 2.68 bits per heavy atom. The second kappa shape index (κ2) is 9.48. The van der Waals surface area contributed by atoms with Gasteiger partial charge in [-0.3, -0.25) is 0 Å². The average molecular weight is 271 g/mol. The van der Waals surface area contributed by atoms with E-state index in [-0.39, 0.29) is 0 Å². The summed E-state index contributed by atoms with van der Waals surface area (Å²) in [6, 6.07) is 0. The van der Waals surface area contributed by atoms with Gasteiger partial charge in [-0.05, 0) is 30.6 Å². The average Bonchev–Trinajstić information content (AvgIpc) is 2.37. The molecule has 0 aliphatic heterocycles. The molecule has 0 fully saturated rings. The van der Waals surface area contributed by atoms with Crippen molar-refractivity contribution in [1.29, 1.82) is 0 Å². The second-order valence-electron chi connectivity index (χ2n) is 5.92. The third-order valence-corrected chi connectivity index (χ3v) is 3.40. The van der Waals surface area contributed by atoms with Crippen LogP contribution in [0.2, 0.25) is 0 Å². The predicted octanol–water partition coefficient (Wildman–Crippen LogP) is 2.14. The number of rotatable bonds is 9. The second-order valence-corrected chi connectivity index (χ2v) is 5.92. The minimum atomic E-state index is -0.512. The van der Waals surface area contributed by atoms with Crippen LogP contribution in [0.15, 0.2) is 12.2 Å². The first-order valence-corrected chi connectivity index (χ1v) is 7.35. The number of aliphatic hydroxyl groups is 1. The van der Waals surface area contributed by atoms with Crippen molar-refractivity contribution in [1.82, 2.24) is 5.48 Å². The van der Waals surface area contributed by atoms with E-state index in [4.69, 9.17) is 9.57 Å². The highest BCUT2D eigenvalue weighted by atomic mass is 16.6. The van der Waals surface area contributed by atoms with Crippen LogP contribution in [0.1, 0.15) is 33.6 Å². The fourth-order valence-corrected chi connectivity index (χ4v) is 2.03. The van der Waals surface area contributed by atoms with Crippen LogP contribution in [0.5, 0.6) is 0 Å². The maximum Gasteiger partial charge on any atom is 0.0920 e. The number of aliphatic hydroxyl groups excluding tert-OH is 1. The van der Waals surface area contributed by atoms with E-state index >= 15 is 0 Å². The Hall–Kier alpha value is -0.420. The summed E-state index contributed by atoms with van der Waals surface area (Å²) in [5.41, 5.74) is 2.77. The molecule has 112 valence electrons. The fraction of sp³-hybridized carbons (Fsp3) is 0.867. The summed E-state index contributed by atoms with van der Waals surface area (Å²) in [5.74, 6) is 1.75. The summed E-state index contributed by atoms with van der Waals surface area (Å²) < 4.78 is 5.60. The largest absolute Gasteiger partial charge is 0.389 e. The molecule has 1 rings (SSSR count). The van der Waals surface area contributed by atoms with Gasteiger partial charge in [0.1, 0.15) is 0 Å². The quantitative estimate of drug-likeness (QED) is 0.383. The lowest BCUT2D eigenvalue weighted by atomic mass is 9.85. The Balaban J connectivity index is 2.00. The molecule has 0 spiro atoms. The number of allylic oxidation sites excluding steroid dienone is 2. The molecule has 0 bridgehead atoms. The van der Waals surface area contributed by atoms with E-state index in [1.165, 1.54) is 0 Å². The molecule has 1 aliphatic rings. The lowest BCUT2D eigenvalue weighted by molar-refractivity contribution is -0.0298. The summed E-state index contributed by atoms with van der Waals surface area (Å²) >= 11 is 0. The first-order valence-electron chi connectivity index (χ1n) is 7.35. The summed E-state index contributed by atoms with van der Waals surface area (Å²) in [5, 5.41) is 9.73. The van der Waals surface area contributed by atoms with Gasteiger partial charge in [-0.2, -0.15) is 5.48 Å². The van der Waals surface area contributed by atoms with Crippen molar-refractivity contribution in [2.45, 2.75) is 39.7 Å². The molecular formula is C15H29NO3. The van der Waals surface area contributed by atoms with Crippen molar-refractivity contribution in [3.8, 4) is 0 Å². The van der Waals surface area contributed by atoms with Gasteiger partial charge in [-0.1, -0.05) is 32.9 Å². The Kier molecular flexibility index (Phi) is 8.30. The van der Waals surface area contributed by atoms with Crippen LogP contribution in [-0.4, -0.2) is 37.6 Å². The number of ether oxygens (including phenoxy) is 1. The lowest BCUT2D eigenvalue weighted by Gasteiger charge is -2.25. The van der Waals surface area contributed by atoms with Crippen molar-refractivity contribution < 1.29 is 14.7 Å². The van der Waals surface area contributed by atoms with Gasteiger partial charge in [-0.25, -0.2) is 0 Å². The first-order chi connectivity index (χ1) is 9.09. The summed E-state index contributed by atoms with van der Waals surface area (Å²) in [4.78, 5) is 5.20. The normalized spacial score (nSPS) is 24.9. The Labute approximate surface area is 117 Å². The monoisotopic (exact) mass is 271 g/mol. The van der Waals surface area contributed by atoms with Gasteiger partial charge in [0.2, 0.25) is 0 Å². The number of hydroxylamine groups is 1. The van der Waals surface area contributed by atoms with Gasteiger partial charge >= 0.3 is 0 Å². The summed E-state index contributed by atoms with van der Waals surface area (Å²) in [6.45, 7) is 8.59. The molecule has 3 atom stereocenters. The van der Waals surface area contributed by atoms with Crippen LogP contribution in [0.25, 0.3) is 0 Å². The topological polar surface area (TPSA) is 50.7 Å². The molecule has 2 N–H and O–H groups in total. The Morgan fingerprint density at radius 2 is 2.00 bits per heavy atom. The SMILES string of the molecule is CC(C)CONCC(O)COCC1CC=CCC1C. The van der Waals surface area contributed by atoms with E-state index in [1.807, 2.05) is 0 Å². The molecule has 0 heterocycles. The highest BCUT2D eigenvalue weighted by Crippen LogP contribution is 2.24. The molecule has 0 aromatic heterocycles. The molecule has 4 nitrogen and oxygen atoms in total. The van der Waals surface area contributed by atoms with Gasteiger partial charge in [0.05, 0.1) is 25.9 Å². The smallest absolute Gasteiger partial charge is 0.0920 e. The zero-order valence-electron chi connectivity index (χ0n) is 12.5. The predicted molar refractivity (Wildman–Crippen MR) is 76.6 cm³/mol. The molecule has 0 saturated heterocycles. The van der Waals surface area contributed by atoms with E-state index in [1.54, 1.807) is 0 Å². The maximum atomic E-state index is 9.73. The molecule has 0 aromatic rings. The molecule has 0 saturated carbocycles. The first kappa shape index (κ1) is 16.6. The highest BCUT2D eigenvalue weighted by molar-refractivity contribution is 4.93. The van der Waals surface area contributed by atoms with Crippen LogP contribution < -0.4 is 5.48 Å². The lowest BCUT2D eigenvalue weighted by Crippen LogP contribution is -2.32. The molecule has 0 radical (unpaired) electrons. The molecule has 3 unspecified atom stereocenters. The minimum absolute atomic E-state index is 0.366. The van der Waals surface area contributed by atoms with Crippen molar-refractivity contribution >= 4 is 0 Å². The van der Waals surface area contributed by atoms with Crippen LogP contribution in [0, 0.1) is 17.8 Å². The minimum Gasteiger partial charge on any atom is -0.389 e. The van der Waals surface area contributed by atoms with E-state index < -0.39 is 6.10 Å². The van der Waals surface area contributed by atoms with Crippen LogP contribution in [0.3, 0.4) is 0 Å². The highest BCUT2D eigenvalue weighted by Gasteiger charge is 2.18. The van der Waals surface area contributed by atoms with Gasteiger partial charge < -0.3 is 14.7 Å². The van der Waals surface area contributed by atoms with Crippen LogP contribution >= 0.6 is 0 Å². The van der Waals surface area contributed by atoms with Gasteiger partial charge in [0.25, 0.3) is 0 Å². The Bertz CT molecular complexity index is 256. The van der Waals surface area contributed by atoms with Gasteiger partial charge in [0.15, 0.2) is 0 Å². The van der Waals surface area contributed by atoms with Crippen molar-refractivity contribution in [2.75, 3.05) is 26.4 Å². The van der Waals surface area contributed by atoms with E-state index in [9.17, 15) is 5.11 Å². The zero-order chi connectivity index (χ0) is 14.1.